The molecule has 0 spiro atoms. The van der Waals surface area contributed by atoms with Gasteiger partial charge in [0.1, 0.15) is 46.7 Å². The molecule has 2 aliphatic heterocycles. The highest BCUT2D eigenvalue weighted by Crippen LogP contribution is 2.48. The lowest BCUT2D eigenvalue weighted by Crippen LogP contribution is -2.35. The molecule has 274 valence electrons. The first-order chi connectivity index (χ1) is 25.1. The van der Waals surface area contributed by atoms with Crippen LogP contribution in [-0.2, 0) is 17.6 Å². The molecule has 16 nitrogen and oxygen atoms in total. The molecule has 0 aliphatic carbocycles. The van der Waals surface area contributed by atoms with Crippen molar-refractivity contribution in [3.63, 3.8) is 0 Å². The molecular formula is C37H30O16. The van der Waals surface area contributed by atoms with E-state index in [1.807, 2.05) is 0 Å². The van der Waals surface area contributed by atoms with Gasteiger partial charge >= 0.3 is 5.97 Å². The SMILES string of the molecule is COc1c(O)cc(C(=O)OC2Cc3c(O)cc(O)cc3OC2c2cc(O)c(O)c3c(=O)c(O)cc(C4Oc5cc(O)cc(O)c5CC4O)cc23)cc1O. The fourth-order valence-corrected chi connectivity index (χ4v) is 6.73. The number of carbonyl (C=O) groups is 1. The first-order valence-corrected chi connectivity index (χ1v) is 15.8. The summed E-state index contributed by atoms with van der Waals surface area (Å²) in [6.45, 7) is 0. The molecule has 0 saturated carbocycles. The Morgan fingerprint density at radius 1 is 0.679 bits per heavy atom. The minimum absolute atomic E-state index is 0.00872. The van der Waals surface area contributed by atoms with Gasteiger partial charge in [0.25, 0.3) is 0 Å². The number of fused-ring (bicyclic) bond motifs is 3. The van der Waals surface area contributed by atoms with Gasteiger partial charge in [-0.1, -0.05) is 0 Å². The molecule has 0 fully saturated rings. The van der Waals surface area contributed by atoms with E-state index in [2.05, 4.69) is 0 Å². The summed E-state index contributed by atoms with van der Waals surface area (Å²) in [7, 11) is 1.18. The number of hydrogen-bond acceptors (Lipinski definition) is 16. The molecule has 53 heavy (non-hydrogen) atoms. The maximum atomic E-state index is 13.6. The van der Waals surface area contributed by atoms with Gasteiger partial charge in [0, 0.05) is 53.8 Å². The molecule has 5 aromatic rings. The van der Waals surface area contributed by atoms with Crippen LogP contribution in [0.3, 0.4) is 0 Å². The van der Waals surface area contributed by atoms with Crippen molar-refractivity contribution in [3.05, 3.63) is 92.6 Å². The Hall–Kier alpha value is -6.94. The second-order valence-corrected chi connectivity index (χ2v) is 12.6. The fourth-order valence-electron chi connectivity index (χ4n) is 6.73. The molecule has 0 aromatic heterocycles. The Balaban J connectivity index is 1.41. The van der Waals surface area contributed by atoms with Crippen LogP contribution < -0.4 is 19.6 Å². The number of esters is 1. The van der Waals surface area contributed by atoms with Gasteiger partial charge in [-0.2, -0.15) is 0 Å². The molecule has 0 bridgehead atoms. The van der Waals surface area contributed by atoms with Crippen LogP contribution in [0.4, 0.5) is 0 Å². The van der Waals surface area contributed by atoms with Crippen molar-refractivity contribution in [2.45, 2.75) is 37.3 Å². The second-order valence-electron chi connectivity index (χ2n) is 12.6. The summed E-state index contributed by atoms with van der Waals surface area (Å²) in [6.07, 6.45) is -6.17. The summed E-state index contributed by atoms with van der Waals surface area (Å²) in [6, 6.07) is 9.61. The third-order valence-corrected chi connectivity index (χ3v) is 9.16. The number of aliphatic hydroxyl groups is 1. The number of aromatic hydroxyl groups is 9. The standard InChI is InChI=1S/C37H30O16/c1-50-36-25(44)4-14(5-26(36)45)37(49)53-30-12-20-22(41)7-16(39)9-29(20)52-35(30)18-10-24(43)33(48)31-17(18)2-13(3-23(42)32(31)47)34-27(46)11-19-21(40)6-15(38)8-28(19)51-34/h2-10,27,30,34-35,38-41,43-46,48H,11-12H2,1H3,(H,42,47). The van der Waals surface area contributed by atoms with Crippen molar-refractivity contribution >= 4 is 16.7 Å². The van der Waals surface area contributed by atoms with Crippen LogP contribution in [0.2, 0.25) is 0 Å². The molecule has 7 rings (SSSR count). The average Bonchev–Trinajstić information content (AvgIpc) is 3.22. The summed E-state index contributed by atoms with van der Waals surface area (Å²) in [5, 5.41) is 105. The molecule has 4 unspecified atom stereocenters. The number of carbonyl (C=O) groups excluding carboxylic acids is 1. The Bertz CT molecular complexity index is 2380. The molecule has 16 heteroatoms. The maximum absolute atomic E-state index is 13.6. The Labute approximate surface area is 297 Å². The largest absolute Gasteiger partial charge is 0.508 e. The summed E-state index contributed by atoms with van der Waals surface area (Å²) in [5.74, 6) is -6.96. The third kappa shape index (κ3) is 5.89. The number of ether oxygens (including phenoxy) is 4. The van der Waals surface area contributed by atoms with Gasteiger partial charge in [0.15, 0.2) is 34.9 Å². The highest BCUT2D eigenvalue weighted by atomic mass is 16.6. The number of methoxy groups -OCH3 is 1. The normalized spacial score (nSPS) is 19.0. The fraction of sp³-hybridized carbons (Fsp3) is 0.189. The van der Waals surface area contributed by atoms with Crippen molar-refractivity contribution in [2.75, 3.05) is 7.11 Å². The average molecular weight is 731 g/mol. The zero-order chi connectivity index (χ0) is 38.0. The zero-order valence-corrected chi connectivity index (χ0v) is 27.3. The van der Waals surface area contributed by atoms with Crippen LogP contribution in [-0.4, -0.2) is 76.4 Å². The van der Waals surface area contributed by atoms with E-state index in [1.54, 1.807) is 0 Å². The summed E-state index contributed by atoms with van der Waals surface area (Å²) in [4.78, 5) is 27.2. The predicted molar refractivity (Wildman–Crippen MR) is 180 cm³/mol. The van der Waals surface area contributed by atoms with E-state index in [0.29, 0.717) is 0 Å². The van der Waals surface area contributed by atoms with Gasteiger partial charge in [-0.05, 0) is 41.3 Å². The van der Waals surface area contributed by atoms with Crippen LogP contribution >= 0.6 is 0 Å². The number of rotatable bonds is 5. The molecule has 0 radical (unpaired) electrons. The van der Waals surface area contributed by atoms with Crippen LogP contribution in [0.15, 0.2) is 59.4 Å². The lowest BCUT2D eigenvalue weighted by molar-refractivity contribution is -0.0184. The van der Waals surface area contributed by atoms with Crippen LogP contribution in [0, 0.1) is 0 Å². The van der Waals surface area contributed by atoms with Gasteiger partial charge in [-0.15, -0.1) is 0 Å². The summed E-state index contributed by atoms with van der Waals surface area (Å²) < 4.78 is 22.9. The smallest absolute Gasteiger partial charge is 0.338 e. The Morgan fingerprint density at radius 2 is 1.26 bits per heavy atom. The van der Waals surface area contributed by atoms with Crippen molar-refractivity contribution in [2.24, 2.45) is 0 Å². The van der Waals surface area contributed by atoms with E-state index in [9.17, 15) is 60.7 Å². The van der Waals surface area contributed by atoms with E-state index >= 15 is 0 Å². The highest BCUT2D eigenvalue weighted by molar-refractivity contribution is 5.94. The van der Waals surface area contributed by atoms with Crippen LogP contribution in [0.1, 0.15) is 44.8 Å². The molecule has 2 heterocycles. The third-order valence-electron chi connectivity index (χ3n) is 9.16. The first kappa shape index (κ1) is 34.5. The molecular weight excluding hydrogens is 700 g/mol. The first-order valence-electron chi connectivity index (χ1n) is 15.8. The molecule has 0 saturated heterocycles. The van der Waals surface area contributed by atoms with Gasteiger partial charge in [0.2, 0.25) is 11.2 Å². The number of phenolic OH excluding ortho intramolecular Hbond substituents is 8. The maximum Gasteiger partial charge on any atom is 0.338 e. The lowest BCUT2D eigenvalue weighted by atomic mass is 9.90. The van der Waals surface area contributed by atoms with E-state index in [1.165, 1.54) is 19.2 Å². The number of phenols is 8. The van der Waals surface area contributed by atoms with Gasteiger partial charge in [-0.3, -0.25) is 4.79 Å². The zero-order valence-electron chi connectivity index (χ0n) is 27.3. The minimum atomic E-state index is -1.51. The van der Waals surface area contributed by atoms with Crippen molar-refractivity contribution in [3.8, 4) is 69.0 Å². The van der Waals surface area contributed by atoms with Gasteiger partial charge < -0.3 is 70.0 Å². The van der Waals surface area contributed by atoms with E-state index in [-0.39, 0.29) is 74.8 Å². The Kier molecular flexibility index (Phi) is 8.26. The number of aliphatic hydroxyl groups excluding tert-OH is 1. The molecule has 10 N–H and O–H groups in total. The van der Waals surface area contributed by atoms with Crippen molar-refractivity contribution in [1.29, 1.82) is 0 Å². The van der Waals surface area contributed by atoms with Gasteiger partial charge in [0.05, 0.1) is 24.2 Å². The highest BCUT2D eigenvalue weighted by Gasteiger charge is 2.39. The number of hydrogen-bond donors (Lipinski definition) is 10. The molecule has 2 aliphatic rings. The van der Waals surface area contributed by atoms with Crippen molar-refractivity contribution < 1.29 is 74.8 Å². The Morgan fingerprint density at radius 3 is 1.87 bits per heavy atom. The second kappa shape index (κ2) is 12.7. The minimum Gasteiger partial charge on any atom is -0.508 e. The van der Waals surface area contributed by atoms with E-state index < -0.39 is 81.4 Å². The van der Waals surface area contributed by atoms with Gasteiger partial charge in [-0.25, -0.2) is 4.79 Å². The van der Waals surface area contributed by atoms with Crippen LogP contribution in [0.5, 0.6) is 69.0 Å². The monoisotopic (exact) mass is 730 g/mol. The molecule has 0 amide bonds. The topological polar surface area (TPSA) is 273 Å². The lowest BCUT2D eigenvalue weighted by Gasteiger charge is -2.34. The van der Waals surface area contributed by atoms with E-state index in [0.717, 1.165) is 42.5 Å². The molecule has 4 atom stereocenters. The summed E-state index contributed by atoms with van der Waals surface area (Å²) >= 11 is 0. The van der Waals surface area contributed by atoms with Crippen molar-refractivity contribution in [1.82, 2.24) is 0 Å². The quantitative estimate of drug-likeness (QED) is 0.0915. The molecule has 5 aromatic carbocycles. The predicted octanol–water partition coefficient (Wildman–Crippen LogP) is 3.50. The number of benzene rings is 4. The van der Waals surface area contributed by atoms with E-state index in [4.69, 9.17) is 18.9 Å². The van der Waals surface area contributed by atoms with Crippen LogP contribution in [0.25, 0.3) is 10.8 Å². The summed E-state index contributed by atoms with van der Waals surface area (Å²) in [5.41, 5.74) is -1.42.